The molecule has 156 valence electrons. The summed E-state index contributed by atoms with van der Waals surface area (Å²) in [6.07, 6.45) is 2.04. The number of hydrogen-bond acceptors (Lipinski definition) is 4. The number of likely N-dealkylation sites (N-methyl/N-ethyl adjacent to an activating group) is 2. The number of hydrogen-bond donors (Lipinski definition) is 1. The van der Waals surface area contributed by atoms with Crippen LogP contribution in [0.25, 0.3) is 0 Å². The minimum atomic E-state index is -0.120. The van der Waals surface area contributed by atoms with Crippen molar-refractivity contribution >= 4 is 29.3 Å². The average molecular weight is 414 g/mol. The van der Waals surface area contributed by atoms with Crippen molar-refractivity contribution in [2.24, 2.45) is 0 Å². The summed E-state index contributed by atoms with van der Waals surface area (Å²) < 4.78 is 0. The molecule has 0 fully saturated rings. The van der Waals surface area contributed by atoms with Crippen LogP contribution in [-0.4, -0.2) is 55.1 Å². The SMILES string of the molecule is CSc1ccc(CN(C)C(=O)CN(C)CC(=O)Nc2c(C)cc(C)cc2C)cc1. The molecule has 0 saturated carbocycles. The van der Waals surface area contributed by atoms with Crippen molar-refractivity contribution in [1.82, 2.24) is 9.80 Å². The van der Waals surface area contributed by atoms with E-state index >= 15 is 0 Å². The van der Waals surface area contributed by atoms with Crippen LogP contribution >= 0.6 is 11.8 Å². The van der Waals surface area contributed by atoms with E-state index in [1.165, 1.54) is 10.5 Å². The molecule has 2 aromatic carbocycles. The Morgan fingerprint density at radius 2 is 1.55 bits per heavy atom. The molecule has 1 N–H and O–H groups in total. The number of aryl methyl sites for hydroxylation is 3. The van der Waals surface area contributed by atoms with E-state index in [9.17, 15) is 9.59 Å². The van der Waals surface area contributed by atoms with Gasteiger partial charge in [0.15, 0.2) is 0 Å². The van der Waals surface area contributed by atoms with E-state index in [-0.39, 0.29) is 24.9 Å². The molecule has 0 bridgehead atoms. The maximum atomic E-state index is 12.5. The van der Waals surface area contributed by atoms with Gasteiger partial charge in [-0.15, -0.1) is 11.8 Å². The second-order valence-corrected chi connectivity index (χ2v) is 8.47. The molecule has 0 atom stereocenters. The molecule has 2 amide bonds. The van der Waals surface area contributed by atoms with Crippen molar-refractivity contribution < 1.29 is 9.59 Å². The van der Waals surface area contributed by atoms with Gasteiger partial charge in [-0.25, -0.2) is 0 Å². The molecule has 0 aromatic heterocycles. The zero-order valence-electron chi connectivity index (χ0n) is 18.2. The van der Waals surface area contributed by atoms with Crippen molar-refractivity contribution in [3.8, 4) is 0 Å². The fourth-order valence-corrected chi connectivity index (χ4v) is 3.71. The first-order valence-corrected chi connectivity index (χ1v) is 10.8. The number of amides is 2. The van der Waals surface area contributed by atoms with Crippen LogP contribution in [0.3, 0.4) is 0 Å². The molecular weight excluding hydrogens is 382 g/mol. The highest BCUT2D eigenvalue weighted by Crippen LogP contribution is 2.21. The number of carbonyl (C=O) groups is 2. The molecule has 0 aliphatic carbocycles. The van der Waals surface area contributed by atoms with Crippen LogP contribution < -0.4 is 5.32 Å². The van der Waals surface area contributed by atoms with Gasteiger partial charge in [0.2, 0.25) is 11.8 Å². The summed E-state index contributed by atoms with van der Waals surface area (Å²) in [4.78, 5) is 29.6. The minimum absolute atomic E-state index is 0.0167. The van der Waals surface area contributed by atoms with Gasteiger partial charge in [0.05, 0.1) is 13.1 Å². The molecule has 29 heavy (non-hydrogen) atoms. The highest BCUT2D eigenvalue weighted by Gasteiger charge is 2.15. The van der Waals surface area contributed by atoms with Gasteiger partial charge in [0.1, 0.15) is 0 Å². The molecule has 0 aliphatic heterocycles. The summed E-state index contributed by atoms with van der Waals surface area (Å²) in [5.41, 5.74) is 5.20. The lowest BCUT2D eigenvalue weighted by molar-refractivity contribution is -0.131. The molecule has 2 rings (SSSR count). The summed E-state index contributed by atoms with van der Waals surface area (Å²) >= 11 is 1.69. The fourth-order valence-electron chi connectivity index (χ4n) is 3.30. The maximum Gasteiger partial charge on any atom is 0.238 e. The Labute approximate surface area is 178 Å². The molecule has 6 heteroatoms. The summed E-state index contributed by atoms with van der Waals surface area (Å²) in [6, 6.07) is 12.3. The van der Waals surface area contributed by atoms with Gasteiger partial charge in [-0.05, 0) is 62.9 Å². The normalized spacial score (nSPS) is 10.9. The molecule has 0 aliphatic rings. The van der Waals surface area contributed by atoms with Gasteiger partial charge < -0.3 is 10.2 Å². The predicted molar refractivity (Wildman–Crippen MR) is 121 cm³/mol. The fraction of sp³-hybridized carbons (Fsp3) is 0.391. The van der Waals surface area contributed by atoms with E-state index in [2.05, 4.69) is 29.6 Å². The van der Waals surface area contributed by atoms with Crippen molar-refractivity contribution in [2.45, 2.75) is 32.2 Å². The first-order chi connectivity index (χ1) is 13.7. The van der Waals surface area contributed by atoms with Gasteiger partial charge in [0.25, 0.3) is 0 Å². The zero-order chi connectivity index (χ0) is 21.6. The van der Waals surface area contributed by atoms with Crippen molar-refractivity contribution in [3.05, 3.63) is 58.7 Å². The minimum Gasteiger partial charge on any atom is -0.340 e. The summed E-state index contributed by atoms with van der Waals surface area (Å²) in [5.74, 6) is -0.136. The van der Waals surface area contributed by atoms with E-state index in [4.69, 9.17) is 0 Å². The van der Waals surface area contributed by atoms with E-state index < -0.39 is 0 Å². The quantitative estimate of drug-likeness (QED) is 0.668. The molecule has 0 radical (unpaired) electrons. The van der Waals surface area contributed by atoms with Crippen LogP contribution in [0.5, 0.6) is 0 Å². The number of carbonyl (C=O) groups excluding carboxylic acids is 2. The molecule has 2 aromatic rings. The number of nitrogens with one attached hydrogen (secondary N) is 1. The Balaban J connectivity index is 1.86. The lowest BCUT2D eigenvalue weighted by atomic mass is 10.1. The third-order valence-electron chi connectivity index (χ3n) is 4.76. The predicted octanol–water partition coefficient (Wildman–Crippen LogP) is 3.86. The van der Waals surface area contributed by atoms with Crippen LogP contribution in [0.4, 0.5) is 5.69 Å². The number of benzene rings is 2. The summed E-state index contributed by atoms with van der Waals surface area (Å²) in [5, 5.41) is 2.98. The lowest BCUT2D eigenvalue weighted by Gasteiger charge is -2.22. The Bertz CT molecular complexity index is 842. The van der Waals surface area contributed by atoms with Crippen LogP contribution in [0, 0.1) is 20.8 Å². The molecule has 0 spiro atoms. The first kappa shape index (κ1) is 23.0. The largest absolute Gasteiger partial charge is 0.340 e. The number of rotatable bonds is 8. The van der Waals surface area contributed by atoms with E-state index in [0.29, 0.717) is 6.54 Å². The number of nitrogens with zero attached hydrogens (tertiary/aromatic N) is 2. The van der Waals surface area contributed by atoms with Gasteiger partial charge in [-0.3, -0.25) is 14.5 Å². The summed E-state index contributed by atoms with van der Waals surface area (Å²) in [6.45, 7) is 6.93. The first-order valence-electron chi connectivity index (χ1n) is 9.62. The highest BCUT2D eigenvalue weighted by molar-refractivity contribution is 7.98. The Morgan fingerprint density at radius 1 is 0.966 bits per heavy atom. The van der Waals surface area contributed by atoms with E-state index in [1.807, 2.05) is 39.2 Å². The number of thioether (sulfide) groups is 1. The van der Waals surface area contributed by atoms with Crippen LogP contribution in [0.15, 0.2) is 41.3 Å². The second-order valence-electron chi connectivity index (χ2n) is 7.59. The van der Waals surface area contributed by atoms with Crippen LogP contribution in [-0.2, 0) is 16.1 Å². The molecule has 0 heterocycles. The maximum absolute atomic E-state index is 12.5. The smallest absolute Gasteiger partial charge is 0.238 e. The molecule has 0 saturated heterocycles. The van der Waals surface area contributed by atoms with E-state index in [1.54, 1.807) is 35.7 Å². The van der Waals surface area contributed by atoms with Crippen molar-refractivity contribution in [1.29, 1.82) is 0 Å². The molecular formula is C23H31N3O2S. The molecule has 0 unspecified atom stereocenters. The average Bonchev–Trinajstić information content (AvgIpc) is 2.65. The van der Waals surface area contributed by atoms with E-state index in [0.717, 1.165) is 22.4 Å². The lowest BCUT2D eigenvalue weighted by Crippen LogP contribution is -2.39. The molecule has 5 nitrogen and oxygen atoms in total. The zero-order valence-corrected chi connectivity index (χ0v) is 19.0. The Kier molecular flexibility index (Phi) is 8.29. The van der Waals surface area contributed by atoms with Crippen LogP contribution in [0.2, 0.25) is 0 Å². The third kappa shape index (κ3) is 6.91. The highest BCUT2D eigenvalue weighted by atomic mass is 32.2. The van der Waals surface area contributed by atoms with Gasteiger partial charge in [-0.2, -0.15) is 0 Å². The van der Waals surface area contributed by atoms with Crippen molar-refractivity contribution in [3.63, 3.8) is 0 Å². The second kappa shape index (κ2) is 10.5. The van der Waals surface area contributed by atoms with Crippen molar-refractivity contribution in [2.75, 3.05) is 38.8 Å². The number of anilines is 1. The Morgan fingerprint density at radius 3 is 2.10 bits per heavy atom. The van der Waals surface area contributed by atoms with Gasteiger partial charge in [-0.1, -0.05) is 29.8 Å². The standard InChI is InChI=1S/C23H31N3O2S/c1-16-11-17(2)23(18(3)12-16)24-21(27)14-25(4)15-22(28)26(5)13-19-7-9-20(29-6)10-8-19/h7-12H,13-15H2,1-6H3,(H,24,27). The third-order valence-corrected chi connectivity index (χ3v) is 5.51. The topological polar surface area (TPSA) is 52.7 Å². The van der Waals surface area contributed by atoms with Gasteiger partial charge in [0, 0.05) is 24.2 Å². The monoisotopic (exact) mass is 413 g/mol. The Hall–Kier alpha value is -2.31. The van der Waals surface area contributed by atoms with Gasteiger partial charge >= 0.3 is 0 Å². The summed E-state index contributed by atoms with van der Waals surface area (Å²) in [7, 11) is 3.57. The van der Waals surface area contributed by atoms with Crippen LogP contribution in [0.1, 0.15) is 22.3 Å².